The van der Waals surface area contributed by atoms with Gasteiger partial charge in [-0.2, -0.15) is 0 Å². The molecule has 0 aromatic carbocycles. The molecule has 1 saturated heterocycles. The number of esters is 1. The molecule has 0 aliphatic carbocycles. The highest BCUT2D eigenvalue weighted by molar-refractivity contribution is 7.50. The molecule has 4 unspecified atom stereocenters. The maximum absolute atomic E-state index is 12.1. The van der Waals surface area contributed by atoms with Crippen molar-refractivity contribution in [3.8, 4) is 0 Å². The molecule has 1 fully saturated rings. The van der Waals surface area contributed by atoms with Crippen LogP contribution in [0.15, 0.2) is 20.9 Å². The minimum Gasteiger partial charge on any atom is -0.468 e. The van der Waals surface area contributed by atoms with Crippen LogP contribution in [-0.4, -0.2) is 52.3 Å². The quantitative estimate of drug-likeness (QED) is 0.167. The van der Waals surface area contributed by atoms with Gasteiger partial charge in [-0.25, -0.2) is 14.4 Å². The molecule has 15 heteroatoms. The predicted octanol–water partition coefficient (Wildman–Crippen LogP) is 0.0795. The van der Waals surface area contributed by atoms with Gasteiger partial charge in [0.1, 0.15) is 12.3 Å². The Bertz CT molecular complexity index is 970. The van der Waals surface area contributed by atoms with E-state index in [9.17, 15) is 23.8 Å². The molecule has 3 N–H and O–H groups in total. The smallest absolute Gasteiger partial charge is 0.403 e. The Hall–Kier alpha value is -2.47. The van der Waals surface area contributed by atoms with Crippen molar-refractivity contribution in [3.05, 3.63) is 43.0 Å². The van der Waals surface area contributed by atoms with Gasteiger partial charge in [0.05, 0.1) is 25.9 Å². The number of carbonyl (C=O) groups is 1. The van der Waals surface area contributed by atoms with E-state index in [-0.39, 0.29) is 12.0 Å². The number of nitrogens with one attached hydrogen (secondary N) is 2. The van der Waals surface area contributed by atoms with Crippen molar-refractivity contribution < 1.29 is 28.3 Å². The summed E-state index contributed by atoms with van der Waals surface area (Å²) in [6, 6.07) is -1.91. The normalized spacial score (nSPS) is 24.3. The van der Waals surface area contributed by atoms with E-state index in [0.717, 1.165) is 11.7 Å². The maximum atomic E-state index is 12.1. The van der Waals surface area contributed by atoms with Crippen molar-refractivity contribution in [1.82, 2.24) is 14.6 Å². The largest absolute Gasteiger partial charge is 0.468 e. The van der Waals surface area contributed by atoms with Crippen LogP contribution in [0.1, 0.15) is 25.1 Å². The van der Waals surface area contributed by atoms with Crippen LogP contribution in [0.25, 0.3) is 10.4 Å². The van der Waals surface area contributed by atoms with Crippen LogP contribution in [0.3, 0.4) is 0 Å². The third kappa shape index (κ3) is 5.76. The zero-order chi connectivity index (χ0) is 21.8. The van der Waals surface area contributed by atoms with Gasteiger partial charge in [0.2, 0.25) is 0 Å². The average Bonchev–Trinajstić information content (AvgIpc) is 3.05. The van der Waals surface area contributed by atoms with Crippen molar-refractivity contribution in [1.29, 1.82) is 0 Å². The molecule has 160 valence electrons. The number of methoxy groups -OCH3 is 1. The van der Waals surface area contributed by atoms with E-state index in [1.807, 2.05) is 0 Å². The Morgan fingerprint density at radius 3 is 2.93 bits per heavy atom. The van der Waals surface area contributed by atoms with Crippen molar-refractivity contribution in [3.63, 3.8) is 0 Å². The number of aryl methyl sites for hydroxylation is 1. The van der Waals surface area contributed by atoms with Gasteiger partial charge in [0.25, 0.3) is 5.56 Å². The molecular formula is C14H21N6O8P. The fourth-order valence-corrected chi connectivity index (χ4v) is 3.73. The van der Waals surface area contributed by atoms with E-state index in [0.29, 0.717) is 0 Å². The van der Waals surface area contributed by atoms with Gasteiger partial charge in [-0.05, 0) is 19.4 Å². The summed E-state index contributed by atoms with van der Waals surface area (Å²) in [6.45, 7) is 2.35. The third-order valence-corrected chi connectivity index (χ3v) is 5.40. The first kappa shape index (κ1) is 22.8. The van der Waals surface area contributed by atoms with Crippen LogP contribution in [0.5, 0.6) is 0 Å². The molecule has 5 atom stereocenters. The first-order chi connectivity index (χ1) is 13.6. The lowest BCUT2D eigenvalue weighted by Crippen LogP contribution is -2.34. The molecule has 2 rings (SSSR count). The standard InChI is InChI=1S/C14H21N6O8P/c1-7-5-20(14(23)16-12(7)21)11-4-9(17-19-15)10(28-11)6-27-29(24,25)18-8(2)13(22)26-3/h5,8-11H,4,6H2,1-3H3,(H,16,21,23)(H2,18,24,25)/t8-,9?,10?,11?/m0/s1. The summed E-state index contributed by atoms with van der Waals surface area (Å²) in [7, 11) is -3.28. The van der Waals surface area contributed by atoms with Gasteiger partial charge in [-0.15, -0.1) is 0 Å². The first-order valence-electron chi connectivity index (χ1n) is 8.42. The molecule has 0 amide bonds. The lowest BCUT2D eigenvalue weighted by Gasteiger charge is -2.20. The van der Waals surface area contributed by atoms with Gasteiger partial charge in [-0.1, -0.05) is 5.11 Å². The van der Waals surface area contributed by atoms with Crippen LogP contribution in [0.2, 0.25) is 0 Å². The zero-order valence-electron chi connectivity index (χ0n) is 15.8. The molecule has 1 aliphatic heterocycles. The second kappa shape index (κ2) is 9.35. The second-order valence-electron chi connectivity index (χ2n) is 6.31. The van der Waals surface area contributed by atoms with Crippen LogP contribution in [0, 0.1) is 6.92 Å². The number of carbonyl (C=O) groups excluding carboxylic acids is 1. The van der Waals surface area contributed by atoms with E-state index in [2.05, 4.69) is 24.8 Å². The topological polar surface area (TPSA) is 198 Å². The summed E-state index contributed by atoms with van der Waals surface area (Å²) in [5, 5.41) is 5.68. The minimum atomic E-state index is -4.41. The summed E-state index contributed by atoms with van der Waals surface area (Å²) >= 11 is 0. The number of aromatic nitrogens is 2. The molecular weight excluding hydrogens is 411 g/mol. The number of hydrogen-bond acceptors (Lipinski definition) is 8. The van der Waals surface area contributed by atoms with Crippen molar-refractivity contribution in [2.24, 2.45) is 5.11 Å². The van der Waals surface area contributed by atoms with Crippen LogP contribution in [0.4, 0.5) is 0 Å². The van der Waals surface area contributed by atoms with E-state index >= 15 is 0 Å². The number of aromatic amines is 1. The summed E-state index contributed by atoms with van der Waals surface area (Å²) in [4.78, 5) is 49.6. The summed E-state index contributed by atoms with van der Waals surface area (Å²) in [5.74, 6) is -0.764. The Morgan fingerprint density at radius 2 is 2.31 bits per heavy atom. The SMILES string of the molecule is COC(=O)[C@H](C)NP(=O)(O)OCC1OC(n2cc(C)c(=O)[nH]c2=O)CC1N=[N+]=[N-]. The first-order valence-corrected chi connectivity index (χ1v) is 10.0. The Morgan fingerprint density at radius 1 is 1.62 bits per heavy atom. The number of azide groups is 1. The number of hydrogen-bond donors (Lipinski definition) is 3. The molecule has 1 aliphatic rings. The molecule has 0 saturated carbocycles. The van der Waals surface area contributed by atoms with Gasteiger partial charge in [-0.3, -0.25) is 23.7 Å². The van der Waals surface area contributed by atoms with Gasteiger partial charge in [0.15, 0.2) is 0 Å². The molecule has 0 radical (unpaired) electrons. The number of rotatable bonds is 8. The van der Waals surface area contributed by atoms with E-state index in [1.54, 1.807) is 0 Å². The highest BCUT2D eigenvalue weighted by Gasteiger charge is 2.38. The Balaban J connectivity index is 2.12. The highest BCUT2D eigenvalue weighted by atomic mass is 31.2. The Labute approximate surface area is 164 Å². The summed E-state index contributed by atoms with van der Waals surface area (Å²) < 4.78 is 28.3. The molecule has 2 heterocycles. The maximum Gasteiger partial charge on any atom is 0.403 e. The monoisotopic (exact) mass is 432 g/mol. The minimum absolute atomic E-state index is 0.0746. The average molecular weight is 432 g/mol. The molecule has 1 aromatic heterocycles. The summed E-state index contributed by atoms with van der Waals surface area (Å²) in [5.41, 5.74) is 7.77. The number of ether oxygens (including phenoxy) is 2. The van der Waals surface area contributed by atoms with Crippen molar-refractivity contribution in [2.75, 3.05) is 13.7 Å². The van der Waals surface area contributed by atoms with E-state index < -0.39 is 56.0 Å². The van der Waals surface area contributed by atoms with E-state index in [1.165, 1.54) is 20.0 Å². The fourth-order valence-electron chi connectivity index (χ4n) is 2.71. The lowest BCUT2D eigenvalue weighted by molar-refractivity contribution is -0.142. The molecule has 1 aromatic rings. The van der Waals surface area contributed by atoms with Gasteiger partial charge in [0, 0.05) is 23.1 Å². The Kier molecular flexibility index (Phi) is 7.36. The lowest BCUT2D eigenvalue weighted by atomic mass is 10.1. The number of H-pyrrole nitrogens is 1. The highest BCUT2D eigenvalue weighted by Crippen LogP contribution is 2.40. The van der Waals surface area contributed by atoms with Crippen LogP contribution in [-0.2, 0) is 23.4 Å². The predicted molar refractivity (Wildman–Crippen MR) is 97.9 cm³/mol. The van der Waals surface area contributed by atoms with Gasteiger partial charge < -0.3 is 14.4 Å². The molecule has 14 nitrogen and oxygen atoms in total. The van der Waals surface area contributed by atoms with Crippen LogP contribution < -0.4 is 16.3 Å². The molecule has 29 heavy (non-hydrogen) atoms. The fraction of sp³-hybridized carbons (Fsp3) is 0.643. The molecule has 0 bridgehead atoms. The van der Waals surface area contributed by atoms with E-state index in [4.69, 9.17) is 14.8 Å². The zero-order valence-corrected chi connectivity index (χ0v) is 16.7. The molecule has 0 spiro atoms. The number of nitrogens with zero attached hydrogens (tertiary/aromatic N) is 4. The second-order valence-corrected chi connectivity index (χ2v) is 7.86. The van der Waals surface area contributed by atoms with Gasteiger partial charge >= 0.3 is 19.4 Å². The van der Waals surface area contributed by atoms with Crippen molar-refractivity contribution in [2.45, 2.75) is 44.7 Å². The van der Waals surface area contributed by atoms with Crippen LogP contribution >= 0.6 is 7.75 Å². The van der Waals surface area contributed by atoms with Crippen molar-refractivity contribution >= 4 is 13.7 Å². The third-order valence-electron chi connectivity index (χ3n) is 4.19. The summed E-state index contributed by atoms with van der Waals surface area (Å²) in [6.07, 6.45) is -0.461.